The van der Waals surface area contributed by atoms with E-state index in [1.165, 1.54) is 0 Å². The summed E-state index contributed by atoms with van der Waals surface area (Å²) in [4.78, 5) is 14.7. The number of fused-ring (bicyclic) bond motifs is 1. The minimum atomic E-state index is -0.0180. The summed E-state index contributed by atoms with van der Waals surface area (Å²) in [5.74, 6) is 1.01. The third kappa shape index (κ3) is 4.64. The van der Waals surface area contributed by atoms with Crippen molar-refractivity contribution in [2.24, 2.45) is 0 Å². The average Bonchev–Trinajstić information content (AvgIpc) is 3.00. The molecule has 2 heterocycles. The normalized spacial score (nSPS) is 16.8. The van der Waals surface area contributed by atoms with Crippen LogP contribution < -0.4 is 4.74 Å². The fraction of sp³-hybridized carbons (Fsp3) is 0.500. The fourth-order valence-corrected chi connectivity index (χ4v) is 3.27. The SMILES string of the molecule is CCOc1ccc(CCC(=O)N2Cc3ccnn3C[C@H](OCC)C2)cc1. The summed E-state index contributed by atoms with van der Waals surface area (Å²) in [7, 11) is 0. The molecule has 26 heavy (non-hydrogen) atoms. The van der Waals surface area contributed by atoms with E-state index in [4.69, 9.17) is 9.47 Å². The van der Waals surface area contributed by atoms with Crippen LogP contribution in [0.5, 0.6) is 5.75 Å². The molecule has 0 spiro atoms. The number of ether oxygens (including phenoxy) is 2. The number of aryl methyl sites for hydroxylation is 1. The van der Waals surface area contributed by atoms with Crippen molar-refractivity contribution < 1.29 is 14.3 Å². The smallest absolute Gasteiger partial charge is 0.223 e. The van der Waals surface area contributed by atoms with E-state index in [1.807, 2.05) is 53.8 Å². The van der Waals surface area contributed by atoms with E-state index < -0.39 is 0 Å². The summed E-state index contributed by atoms with van der Waals surface area (Å²) in [6, 6.07) is 9.94. The standard InChI is InChI=1S/C20H27N3O3/c1-3-25-18-8-5-16(6-9-18)7-10-20(24)22-13-17-11-12-21-23(17)15-19(14-22)26-4-2/h5-6,8-9,11-12,19H,3-4,7,10,13-15H2,1-2H3/t19-/m1/s1. The van der Waals surface area contributed by atoms with Crippen LogP contribution in [0, 0.1) is 0 Å². The zero-order chi connectivity index (χ0) is 18.4. The molecule has 140 valence electrons. The van der Waals surface area contributed by atoms with Crippen molar-refractivity contribution >= 4 is 5.91 Å². The summed E-state index contributed by atoms with van der Waals surface area (Å²) >= 11 is 0. The van der Waals surface area contributed by atoms with Crippen molar-refractivity contribution in [3.05, 3.63) is 47.8 Å². The summed E-state index contributed by atoms with van der Waals surface area (Å²) in [5, 5.41) is 4.35. The molecule has 6 nitrogen and oxygen atoms in total. The van der Waals surface area contributed by atoms with Crippen molar-refractivity contribution in [1.82, 2.24) is 14.7 Å². The molecule has 0 fully saturated rings. The zero-order valence-electron chi connectivity index (χ0n) is 15.6. The van der Waals surface area contributed by atoms with E-state index in [0.29, 0.717) is 39.3 Å². The highest BCUT2D eigenvalue weighted by atomic mass is 16.5. The van der Waals surface area contributed by atoms with Gasteiger partial charge in [0.05, 0.1) is 31.5 Å². The maximum atomic E-state index is 12.8. The van der Waals surface area contributed by atoms with E-state index >= 15 is 0 Å². The Hall–Kier alpha value is -2.34. The third-order valence-corrected chi connectivity index (χ3v) is 4.57. The van der Waals surface area contributed by atoms with Gasteiger partial charge in [-0.05, 0) is 44.0 Å². The number of carbonyl (C=O) groups is 1. The van der Waals surface area contributed by atoms with Gasteiger partial charge in [-0.25, -0.2) is 0 Å². The van der Waals surface area contributed by atoms with Gasteiger partial charge in [0.25, 0.3) is 0 Å². The van der Waals surface area contributed by atoms with Gasteiger partial charge < -0.3 is 14.4 Å². The molecule has 0 aliphatic carbocycles. The average molecular weight is 357 g/mol. The fourth-order valence-electron chi connectivity index (χ4n) is 3.27. The second kappa shape index (κ2) is 8.85. The summed E-state index contributed by atoms with van der Waals surface area (Å²) in [6.45, 7) is 7.13. The van der Waals surface area contributed by atoms with Crippen LogP contribution in [0.15, 0.2) is 36.5 Å². The lowest BCUT2D eigenvalue weighted by molar-refractivity contribution is -0.133. The van der Waals surface area contributed by atoms with E-state index in [0.717, 1.165) is 23.4 Å². The molecule has 1 aromatic carbocycles. The van der Waals surface area contributed by atoms with Crippen molar-refractivity contribution in [2.75, 3.05) is 19.8 Å². The highest BCUT2D eigenvalue weighted by Crippen LogP contribution is 2.17. The van der Waals surface area contributed by atoms with Gasteiger partial charge in [0.2, 0.25) is 5.91 Å². The maximum absolute atomic E-state index is 12.8. The monoisotopic (exact) mass is 357 g/mol. The second-order valence-electron chi connectivity index (χ2n) is 6.43. The number of rotatable bonds is 7. The molecule has 0 N–H and O–H groups in total. The number of amides is 1. The number of benzene rings is 1. The summed E-state index contributed by atoms with van der Waals surface area (Å²) < 4.78 is 13.2. The lowest BCUT2D eigenvalue weighted by Gasteiger charge is -2.24. The molecular weight excluding hydrogens is 330 g/mol. The summed E-state index contributed by atoms with van der Waals surface area (Å²) in [6.07, 6.45) is 2.98. The van der Waals surface area contributed by atoms with Crippen LogP contribution in [0.2, 0.25) is 0 Å². The number of hydrogen-bond acceptors (Lipinski definition) is 4. The van der Waals surface area contributed by atoms with Crippen LogP contribution in [-0.4, -0.2) is 46.5 Å². The molecule has 6 heteroatoms. The van der Waals surface area contributed by atoms with Crippen LogP contribution in [0.4, 0.5) is 0 Å². The largest absolute Gasteiger partial charge is 0.494 e. The predicted octanol–water partition coefficient (Wildman–Crippen LogP) is 2.66. The molecule has 1 aliphatic heterocycles. The van der Waals surface area contributed by atoms with Gasteiger partial charge in [-0.1, -0.05) is 12.1 Å². The van der Waals surface area contributed by atoms with Crippen LogP contribution in [0.1, 0.15) is 31.5 Å². The van der Waals surface area contributed by atoms with Crippen LogP contribution in [0.3, 0.4) is 0 Å². The predicted molar refractivity (Wildman–Crippen MR) is 99.0 cm³/mol. The van der Waals surface area contributed by atoms with E-state index in [2.05, 4.69) is 5.10 Å². The quantitative estimate of drug-likeness (QED) is 0.764. The first-order valence-electron chi connectivity index (χ1n) is 9.31. The molecule has 1 aromatic heterocycles. The van der Waals surface area contributed by atoms with E-state index in [-0.39, 0.29) is 12.0 Å². The Balaban J connectivity index is 1.60. The van der Waals surface area contributed by atoms with Crippen LogP contribution in [-0.2, 0) is 29.0 Å². The molecule has 0 saturated carbocycles. The molecular formula is C20H27N3O3. The first-order valence-corrected chi connectivity index (χ1v) is 9.31. The zero-order valence-corrected chi connectivity index (χ0v) is 15.6. The molecule has 3 rings (SSSR count). The number of aromatic nitrogens is 2. The number of carbonyl (C=O) groups excluding carboxylic acids is 1. The Labute approximate surface area is 154 Å². The van der Waals surface area contributed by atoms with Crippen LogP contribution in [0.25, 0.3) is 0 Å². The van der Waals surface area contributed by atoms with Gasteiger partial charge in [-0.3, -0.25) is 9.48 Å². The minimum Gasteiger partial charge on any atom is -0.494 e. The van der Waals surface area contributed by atoms with Gasteiger partial charge in [0.15, 0.2) is 0 Å². The highest BCUT2D eigenvalue weighted by molar-refractivity contribution is 5.76. The van der Waals surface area contributed by atoms with E-state index in [9.17, 15) is 4.79 Å². The molecule has 0 saturated heterocycles. The molecule has 1 atom stereocenters. The molecule has 1 amide bonds. The van der Waals surface area contributed by atoms with E-state index in [1.54, 1.807) is 6.20 Å². The summed E-state index contributed by atoms with van der Waals surface area (Å²) in [5.41, 5.74) is 2.20. The Morgan fingerprint density at radius 3 is 2.69 bits per heavy atom. The van der Waals surface area contributed by atoms with Crippen molar-refractivity contribution in [3.8, 4) is 5.75 Å². The van der Waals surface area contributed by atoms with Crippen molar-refractivity contribution in [2.45, 2.75) is 45.9 Å². The van der Waals surface area contributed by atoms with Gasteiger partial charge in [0.1, 0.15) is 5.75 Å². The first-order chi connectivity index (χ1) is 12.7. The molecule has 0 unspecified atom stereocenters. The highest BCUT2D eigenvalue weighted by Gasteiger charge is 2.25. The van der Waals surface area contributed by atoms with Gasteiger partial charge in [0, 0.05) is 25.8 Å². The third-order valence-electron chi connectivity index (χ3n) is 4.57. The number of nitrogens with zero attached hydrogens (tertiary/aromatic N) is 3. The molecule has 2 aromatic rings. The number of hydrogen-bond donors (Lipinski definition) is 0. The Morgan fingerprint density at radius 1 is 1.15 bits per heavy atom. The van der Waals surface area contributed by atoms with Crippen molar-refractivity contribution in [3.63, 3.8) is 0 Å². The second-order valence-corrected chi connectivity index (χ2v) is 6.43. The minimum absolute atomic E-state index is 0.0180. The lowest BCUT2D eigenvalue weighted by Crippen LogP contribution is -2.37. The topological polar surface area (TPSA) is 56.6 Å². The van der Waals surface area contributed by atoms with Gasteiger partial charge in [-0.15, -0.1) is 0 Å². The van der Waals surface area contributed by atoms with Gasteiger partial charge >= 0.3 is 0 Å². The Kier molecular flexibility index (Phi) is 6.28. The molecule has 0 radical (unpaired) electrons. The van der Waals surface area contributed by atoms with Crippen LogP contribution >= 0.6 is 0 Å². The Bertz CT molecular complexity index is 711. The maximum Gasteiger partial charge on any atom is 0.223 e. The first kappa shape index (κ1) is 18.5. The van der Waals surface area contributed by atoms with Gasteiger partial charge in [-0.2, -0.15) is 5.10 Å². The lowest BCUT2D eigenvalue weighted by atomic mass is 10.1. The molecule has 1 aliphatic rings. The van der Waals surface area contributed by atoms with Crippen molar-refractivity contribution in [1.29, 1.82) is 0 Å². The molecule has 0 bridgehead atoms. The Morgan fingerprint density at radius 2 is 1.96 bits per heavy atom.